The van der Waals surface area contributed by atoms with Gasteiger partial charge in [-0.3, -0.25) is 0 Å². The molecule has 0 saturated heterocycles. The molecule has 1 atom stereocenters. The minimum absolute atomic E-state index is 0.189. The van der Waals surface area contributed by atoms with Crippen molar-refractivity contribution in [3.63, 3.8) is 0 Å². The number of benzene rings is 2. The third-order valence-corrected chi connectivity index (χ3v) is 3.50. The van der Waals surface area contributed by atoms with Crippen LogP contribution in [-0.2, 0) is 6.42 Å². The highest BCUT2D eigenvalue weighted by Crippen LogP contribution is 2.45. The molecule has 20 heavy (non-hydrogen) atoms. The second-order valence-corrected chi connectivity index (χ2v) is 4.81. The van der Waals surface area contributed by atoms with Gasteiger partial charge in [0.2, 0.25) is 5.75 Å². The maximum atomic E-state index is 9.84. The van der Waals surface area contributed by atoms with Crippen LogP contribution in [-0.4, -0.2) is 20.4 Å². The Balaban J connectivity index is 1.95. The first kappa shape index (κ1) is 12.5. The highest BCUT2D eigenvalue weighted by Gasteiger charge is 2.25. The van der Waals surface area contributed by atoms with Crippen LogP contribution in [0.2, 0.25) is 0 Å². The number of ether oxygens (including phenoxy) is 1. The van der Waals surface area contributed by atoms with Gasteiger partial charge in [-0.05, 0) is 42.2 Å². The molecule has 1 heterocycles. The minimum Gasteiger partial charge on any atom is -0.504 e. The number of phenols is 4. The van der Waals surface area contributed by atoms with Gasteiger partial charge in [-0.15, -0.1) is 0 Å². The quantitative estimate of drug-likeness (QED) is 0.600. The van der Waals surface area contributed by atoms with Crippen molar-refractivity contribution in [3.05, 3.63) is 41.5 Å². The summed E-state index contributed by atoms with van der Waals surface area (Å²) >= 11 is 0. The van der Waals surface area contributed by atoms with E-state index in [4.69, 9.17) is 4.74 Å². The number of fused-ring (bicyclic) bond motifs is 1. The standard InChI is InChI=1S/C15H14O5/c16-10-4-2-9(7-12(10)18)13-6-3-8-1-5-11(17)14(19)15(8)20-13/h1-2,4-5,7,13,16-19H,3,6H2/t13-/m1/s1. The van der Waals surface area contributed by atoms with Crippen LogP contribution in [0.1, 0.15) is 23.7 Å². The predicted molar refractivity (Wildman–Crippen MR) is 71.2 cm³/mol. The SMILES string of the molecule is Oc1ccc([C@H]2CCc3ccc(O)c(O)c3O2)cc1O. The lowest BCUT2D eigenvalue weighted by Gasteiger charge is -2.27. The van der Waals surface area contributed by atoms with Gasteiger partial charge in [0.1, 0.15) is 6.10 Å². The summed E-state index contributed by atoms with van der Waals surface area (Å²) in [5.74, 6) is -0.621. The van der Waals surface area contributed by atoms with Crippen molar-refractivity contribution in [1.29, 1.82) is 0 Å². The van der Waals surface area contributed by atoms with E-state index in [0.717, 1.165) is 5.56 Å². The second kappa shape index (κ2) is 4.52. The maximum Gasteiger partial charge on any atom is 0.200 e. The zero-order valence-electron chi connectivity index (χ0n) is 10.6. The molecule has 0 unspecified atom stereocenters. The zero-order valence-corrected chi connectivity index (χ0v) is 10.6. The summed E-state index contributed by atoms with van der Waals surface area (Å²) < 4.78 is 5.72. The van der Waals surface area contributed by atoms with Crippen LogP contribution in [0, 0.1) is 0 Å². The van der Waals surface area contributed by atoms with Crippen LogP contribution in [0.4, 0.5) is 0 Å². The topological polar surface area (TPSA) is 90.2 Å². The fourth-order valence-corrected chi connectivity index (χ4v) is 2.39. The molecule has 1 aliphatic rings. The summed E-state index contributed by atoms with van der Waals surface area (Å²) in [5.41, 5.74) is 1.54. The molecule has 0 aromatic heterocycles. The molecule has 0 saturated carbocycles. The zero-order chi connectivity index (χ0) is 14.3. The first-order valence-corrected chi connectivity index (χ1v) is 6.28. The van der Waals surface area contributed by atoms with E-state index in [-0.39, 0.29) is 34.9 Å². The van der Waals surface area contributed by atoms with Crippen molar-refractivity contribution >= 4 is 0 Å². The number of aryl methyl sites for hydroxylation is 1. The van der Waals surface area contributed by atoms with Gasteiger partial charge < -0.3 is 25.2 Å². The molecular formula is C15H14O5. The highest BCUT2D eigenvalue weighted by molar-refractivity contribution is 5.55. The largest absolute Gasteiger partial charge is 0.504 e. The molecule has 0 fully saturated rings. The average Bonchev–Trinajstić information content (AvgIpc) is 2.46. The lowest BCUT2D eigenvalue weighted by Crippen LogP contribution is -2.15. The van der Waals surface area contributed by atoms with E-state index in [0.29, 0.717) is 18.4 Å². The number of phenolic OH excluding ortho intramolecular Hbond substituents is 4. The van der Waals surface area contributed by atoms with E-state index < -0.39 is 0 Å². The van der Waals surface area contributed by atoms with E-state index in [9.17, 15) is 20.4 Å². The van der Waals surface area contributed by atoms with Gasteiger partial charge in [-0.1, -0.05) is 12.1 Å². The van der Waals surface area contributed by atoms with Crippen molar-refractivity contribution in [2.75, 3.05) is 0 Å². The number of aromatic hydroxyl groups is 4. The Kier molecular flexibility index (Phi) is 2.82. The molecule has 5 nitrogen and oxygen atoms in total. The Bertz CT molecular complexity index is 666. The van der Waals surface area contributed by atoms with Gasteiger partial charge in [0.15, 0.2) is 23.0 Å². The maximum absolute atomic E-state index is 9.84. The number of rotatable bonds is 1. The summed E-state index contributed by atoms with van der Waals surface area (Å²) in [5, 5.41) is 38.2. The summed E-state index contributed by atoms with van der Waals surface area (Å²) in [6, 6.07) is 7.64. The van der Waals surface area contributed by atoms with Crippen LogP contribution in [0.3, 0.4) is 0 Å². The molecule has 0 bridgehead atoms. The molecule has 0 aliphatic carbocycles. The second-order valence-electron chi connectivity index (χ2n) is 4.81. The first-order valence-electron chi connectivity index (χ1n) is 6.28. The van der Waals surface area contributed by atoms with Gasteiger partial charge in [0.25, 0.3) is 0 Å². The molecule has 2 aromatic carbocycles. The molecule has 0 spiro atoms. The van der Waals surface area contributed by atoms with E-state index in [1.54, 1.807) is 12.1 Å². The Morgan fingerprint density at radius 2 is 1.65 bits per heavy atom. The first-order chi connectivity index (χ1) is 9.56. The van der Waals surface area contributed by atoms with Gasteiger partial charge in [-0.25, -0.2) is 0 Å². The molecule has 3 rings (SSSR count). The third-order valence-electron chi connectivity index (χ3n) is 3.50. The van der Waals surface area contributed by atoms with E-state index in [2.05, 4.69) is 0 Å². The minimum atomic E-state index is -0.346. The number of hydrogen-bond donors (Lipinski definition) is 4. The molecule has 5 heteroatoms. The predicted octanol–water partition coefficient (Wildman–Crippen LogP) is 2.58. The van der Waals surface area contributed by atoms with Gasteiger partial charge in [0, 0.05) is 0 Å². The fraction of sp³-hybridized carbons (Fsp3) is 0.200. The Hall–Kier alpha value is -2.56. The molecule has 1 aliphatic heterocycles. The van der Waals surface area contributed by atoms with Gasteiger partial charge in [0.05, 0.1) is 0 Å². The Labute approximate surface area is 115 Å². The van der Waals surface area contributed by atoms with Crippen LogP contribution in [0.15, 0.2) is 30.3 Å². The van der Waals surface area contributed by atoms with Crippen molar-refractivity contribution in [2.45, 2.75) is 18.9 Å². The summed E-state index contributed by atoms with van der Waals surface area (Å²) in [7, 11) is 0. The highest BCUT2D eigenvalue weighted by atomic mass is 16.5. The molecule has 0 radical (unpaired) electrons. The van der Waals surface area contributed by atoms with Crippen LogP contribution in [0.25, 0.3) is 0 Å². The average molecular weight is 274 g/mol. The molecule has 4 N–H and O–H groups in total. The summed E-state index contributed by atoms with van der Waals surface area (Å²) in [6.07, 6.45) is 1.03. The van der Waals surface area contributed by atoms with E-state index in [1.807, 2.05) is 0 Å². The van der Waals surface area contributed by atoms with Crippen LogP contribution < -0.4 is 4.74 Å². The Morgan fingerprint density at radius 1 is 0.900 bits per heavy atom. The van der Waals surface area contributed by atoms with Crippen LogP contribution >= 0.6 is 0 Å². The van der Waals surface area contributed by atoms with Gasteiger partial charge >= 0.3 is 0 Å². The van der Waals surface area contributed by atoms with E-state index >= 15 is 0 Å². The molecule has 0 amide bonds. The van der Waals surface area contributed by atoms with Crippen LogP contribution in [0.5, 0.6) is 28.7 Å². The smallest absolute Gasteiger partial charge is 0.200 e. The fourth-order valence-electron chi connectivity index (χ4n) is 2.39. The number of hydrogen-bond acceptors (Lipinski definition) is 5. The normalized spacial score (nSPS) is 17.3. The van der Waals surface area contributed by atoms with E-state index in [1.165, 1.54) is 18.2 Å². The lowest BCUT2D eigenvalue weighted by atomic mass is 9.96. The summed E-state index contributed by atoms with van der Waals surface area (Å²) in [4.78, 5) is 0. The van der Waals surface area contributed by atoms with Crippen molar-refractivity contribution in [1.82, 2.24) is 0 Å². The lowest BCUT2D eigenvalue weighted by molar-refractivity contribution is 0.167. The summed E-state index contributed by atoms with van der Waals surface area (Å²) in [6.45, 7) is 0. The molecule has 2 aromatic rings. The van der Waals surface area contributed by atoms with Gasteiger partial charge in [-0.2, -0.15) is 0 Å². The van der Waals surface area contributed by atoms with Crippen molar-refractivity contribution < 1.29 is 25.2 Å². The van der Waals surface area contributed by atoms with Crippen molar-refractivity contribution in [3.8, 4) is 28.7 Å². The molecule has 104 valence electrons. The Morgan fingerprint density at radius 3 is 2.40 bits per heavy atom. The monoisotopic (exact) mass is 274 g/mol. The van der Waals surface area contributed by atoms with Crippen molar-refractivity contribution in [2.24, 2.45) is 0 Å². The molecular weight excluding hydrogens is 260 g/mol. The third kappa shape index (κ3) is 1.97.